The Kier molecular flexibility index (Phi) is 3.58. The van der Waals surface area contributed by atoms with Crippen molar-refractivity contribution in [1.29, 1.82) is 0 Å². The molecule has 1 N–H and O–H groups in total. The minimum atomic E-state index is -0.492. The molecule has 1 aromatic carbocycles. The number of halogens is 2. The number of carbonyl (C=O) groups excluding carboxylic acids is 1. The fourth-order valence-corrected chi connectivity index (χ4v) is 1.69. The zero-order valence-corrected chi connectivity index (χ0v) is 10.3. The highest BCUT2D eigenvalue weighted by atomic mass is 35.5. The maximum absolute atomic E-state index is 13.5. The number of nitrogens with one attached hydrogen (secondary N) is 1. The smallest absolute Gasteiger partial charge is 0.258 e. The van der Waals surface area contributed by atoms with Gasteiger partial charge in [0.05, 0.1) is 11.3 Å². The van der Waals surface area contributed by atoms with Crippen LogP contribution in [0.5, 0.6) is 0 Å². The summed E-state index contributed by atoms with van der Waals surface area (Å²) in [6, 6.07) is 7.60. The molecular formula is C13H10ClFN2O. The Bertz CT molecular complexity index is 601. The summed E-state index contributed by atoms with van der Waals surface area (Å²) in [5, 5.41) is 2.56. The SMILES string of the molecule is Cc1ccc(F)c(NC(=O)c2cccnc2Cl)c1. The van der Waals surface area contributed by atoms with Crippen LogP contribution in [0.15, 0.2) is 36.5 Å². The standard InChI is InChI=1S/C13H10ClFN2O/c1-8-4-5-10(15)11(7-8)17-13(18)9-3-2-6-16-12(9)14/h2-7H,1H3,(H,17,18). The Labute approximate surface area is 109 Å². The van der Waals surface area contributed by atoms with E-state index in [0.29, 0.717) is 0 Å². The molecule has 0 bridgehead atoms. The molecule has 0 aliphatic heterocycles. The fraction of sp³-hybridized carbons (Fsp3) is 0.0769. The van der Waals surface area contributed by atoms with Crippen LogP contribution in [0, 0.1) is 12.7 Å². The quantitative estimate of drug-likeness (QED) is 0.845. The van der Waals surface area contributed by atoms with Crippen LogP contribution in [0.2, 0.25) is 5.15 Å². The summed E-state index contributed by atoms with van der Waals surface area (Å²) in [5.41, 5.74) is 1.18. The average Bonchev–Trinajstić information content (AvgIpc) is 2.34. The van der Waals surface area contributed by atoms with E-state index in [4.69, 9.17) is 11.6 Å². The van der Waals surface area contributed by atoms with Gasteiger partial charge in [-0.2, -0.15) is 0 Å². The summed E-state index contributed by atoms with van der Waals surface area (Å²) in [6.07, 6.45) is 1.48. The Balaban J connectivity index is 2.27. The van der Waals surface area contributed by atoms with Crippen molar-refractivity contribution in [1.82, 2.24) is 4.98 Å². The highest BCUT2D eigenvalue weighted by Gasteiger charge is 2.12. The number of amides is 1. The summed E-state index contributed by atoms with van der Waals surface area (Å²) >= 11 is 5.79. The van der Waals surface area contributed by atoms with Gasteiger partial charge < -0.3 is 5.32 Å². The number of nitrogens with zero attached hydrogens (tertiary/aromatic N) is 1. The van der Waals surface area contributed by atoms with E-state index in [1.807, 2.05) is 6.92 Å². The van der Waals surface area contributed by atoms with Crippen molar-refractivity contribution in [2.75, 3.05) is 5.32 Å². The number of hydrogen-bond acceptors (Lipinski definition) is 2. The van der Waals surface area contributed by atoms with Gasteiger partial charge in [0.25, 0.3) is 5.91 Å². The third-order valence-corrected chi connectivity index (χ3v) is 2.67. The minimum absolute atomic E-state index is 0.0862. The van der Waals surface area contributed by atoms with Gasteiger partial charge in [-0.1, -0.05) is 17.7 Å². The van der Waals surface area contributed by atoms with E-state index in [1.165, 1.54) is 18.3 Å². The van der Waals surface area contributed by atoms with Gasteiger partial charge in [0, 0.05) is 6.20 Å². The summed E-state index contributed by atoms with van der Waals surface area (Å²) in [6.45, 7) is 1.81. The van der Waals surface area contributed by atoms with Crippen LogP contribution in [-0.4, -0.2) is 10.9 Å². The van der Waals surface area contributed by atoms with Crippen molar-refractivity contribution in [2.45, 2.75) is 6.92 Å². The monoisotopic (exact) mass is 264 g/mol. The predicted molar refractivity (Wildman–Crippen MR) is 68.3 cm³/mol. The topological polar surface area (TPSA) is 42.0 Å². The molecule has 2 rings (SSSR count). The van der Waals surface area contributed by atoms with Crippen molar-refractivity contribution < 1.29 is 9.18 Å². The number of hydrogen-bond donors (Lipinski definition) is 1. The van der Waals surface area contributed by atoms with Crippen LogP contribution in [0.3, 0.4) is 0 Å². The molecule has 18 heavy (non-hydrogen) atoms. The van der Waals surface area contributed by atoms with Gasteiger partial charge in [-0.3, -0.25) is 4.79 Å². The number of anilines is 1. The van der Waals surface area contributed by atoms with Gasteiger partial charge in [-0.05, 0) is 36.8 Å². The van der Waals surface area contributed by atoms with E-state index in [-0.39, 0.29) is 16.4 Å². The molecule has 0 fully saturated rings. The van der Waals surface area contributed by atoms with Gasteiger partial charge in [-0.15, -0.1) is 0 Å². The third-order valence-electron chi connectivity index (χ3n) is 2.37. The number of aryl methyl sites for hydroxylation is 1. The molecule has 5 heteroatoms. The lowest BCUT2D eigenvalue weighted by atomic mass is 10.2. The Morgan fingerprint density at radius 3 is 2.89 bits per heavy atom. The second-order valence-electron chi connectivity index (χ2n) is 3.78. The summed E-state index contributed by atoms with van der Waals surface area (Å²) in [7, 11) is 0. The number of benzene rings is 1. The molecule has 1 amide bonds. The molecule has 0 radical (unpaired) electrons. The number of aromatic nitrogens is 1. The van der Waals surface area contributed by atoms with E-state index in [0.717, 1.165) is 5.56 Å². The van der Waals surface area contributed by atoms with Crippen LogP contribution < -0.4 is 5.32 Å². The van der Waals surface area contributed by atoms with E-state index in [2.05, 4.69) is 10.3 Å². The van der Waals surface area contributed by atoms with Crippen molar-refractivity contribution >= 4 is 23.2 Å². The second-order valence-corrected chi connectivity index (χ2v) is 4.14. The van der Waals surface area contributed by atoms with E-state index in [9.17, 15) is 9.18 Å². The fourth-order valence-electron chi connectivity index (χ4n) is 1.48. The molecule has 3 nitrogen and oxygen atoms in total. The van der Waals surface area contributed by atoms with E-state index >= 15 is 0 Å². The largest absolute Gasteiger partial charge is 0.319 e. The molecule has 1 aromatic heterocycles. The van der Waals surface area contributed by atoms with Gasteiger partial charge in [0.2, 0.25) is 0 Å². The van der Waals surface area contributed by atoms with Crippen LogP contribution in [-0.2, 0) is 0 Å². The van der Waals surface area contributed by atoms with Gasteiger partial charge in [0.15, 0.2) is 0 Å². The van der Waals surface area contributed by atoms with Crippen LogP contribution >= 0.6 is 11.6 Å². The van der Waals surface area contributed by atoms with Crippen LogP contribution in [0.1, 0.15) is 15.9 Å². The average molecular weight is 265 g/mol. The molecular weight excluding hydrogens is 255 g/mol. The Morgan fingerprint density at radius 1 is 1.39 bits per heavy atom. The van der Waals surface area contributed by atoms with Crippen LogP contribution in [0.25, 0.3) is 0 Å². The van der Waals surface area contributed by atoms with Crippen molar-refractivity contribution in [3.63, 3.8) is 0 Å². The molecule has 0 saturated heterocycles. The molecule has 0 saturated carbocycles. The Hall–Kier alpha value is -1.94. The lowest BCUT2D eigenvalue weighted by Crippen LogP contribution is -2.14. The molecule has 92 valence electrons. The molecule has 0 unspecified atom stereocenters. The van der Waals surface area contributed by atoms with Crippen molar-refractivity contribution in [2.24, 2.45) is 0 Å². The number of carbonyl (C=O) groups is 1. The van der Waals surface area contributed by atoms with Crippen molar-refractivity contribution in [3.8, 4) is 0 Å². The first-order valence-electron chi connectivity index (χ1n) is 5.26. The zero-order valence-electron chi connectivity index (χ0n) is 9.58. The molecule has 0 spiro atoms. The number of rotatable bonds is 2. The van der Waals surface area contributed by atoms with Gasteiger partial charge >= 0.3 is 0 Å². The first-order chi connectivity index (χ1) is 8.58. The predicted octanol–water partition coefficient (Wildman–Crippen LogP) is 3.43. The molecule has 0 aliphatic rings. The van der Waals surface area contributed by atoms with Crippen LogP contribution in [0.4, 0.5) is 10.1 Å². The van der Waals surface area contributed by atoms with E-state index < -0.39 is 11.7 Å². The van der Waals surface area contributed by atoms with E-state index in [1.54, 1.807) is 18.2 Å². The first kappa shape index (κ1) is 12.5. The normalized spacial score (nSPS) is 10.2. The lowest BCUT2D eigenvalue weighted by molar-refractivity contribution is 0.102. The Morgan fingerprint density at radius 2 is 2.17 bits per heavy atom. The van der Waals surface area contributed by atoms with Gasteiger partial charge in [0.1, 0.15) is 11.0 Å². The van der Waals surface area contributed by atoms with Gasteiger partial charge in [-0.25, -0.2) is 9.37 Å². The molecule has 0 atom stereocenters. The highest BCUT2D eigenvalue weighted by molar-refractivity contribution is 6.33. The summed E-state index contributed by atoms with van der Waals surface area (Å²) in [5.74, 6) is -0.980. The molecule has 2 aromatic rings. The maximum atomic E-state index is 13.5. The third kappa shape index (κ3) is 2.65. The summed E-state index contributed by atoms with van der Waals surface area (Å²) in [4.78, 5) is 15.7. The lowest BCUT2D eigenvalue weighted by Gasteiger charge is -2.07. The highest BCUT2D eigenvalue weighted by Crippen LogP contribution is 2.18. The summed E-state index contributed by atoms with van der Waals surface area (Å²) < 4.78 is 13.5. The first-order valence-corrected chi connectivity index (χ1v) is 5.64. The molecule has 1 heterocycles. The minimum Gasteiger partial charge on any atom is -0.319 e. The number of pyridine rings is 1. The molecule has 0 aliphatic carbocycles. The van der Waals surface area contributed by atoms with Crippen molar-refractivity contribution in [3.05, 3.63) is 58.6 Å². The zero-order chi connectivity index (χ0) is 13.1. The second kappa shape index (κ2) is 5.14. The maximum Gasteiger partial charge on any atom is 0.258 e.